The Morgan fingerprint density at radius 3 is 1.82 bits per heavy atom. The Hall–Kier alpha value is -1.15. The van der Waals surface area contributed by atoms with E-state index in [-0.39, 0.29) is 13.2 Å². The number of carbonyl (C=O) groups is 1. The van der Waals surface area contributed by atoms with Crippen molar-refractivity contribution >= 4 is 5.97 Å². The third-order valence-electron chi connectivity index (χ3n) is 1.08. The van der Waals surface area contributed by atoms with Crippen molar-refractivity contribution in [3.05, 3.63) is 12.8 Å². The molecule has 0 amide bonds. The van der Waals surface area contributed by atoms with E-state index in [0.717, 1.165) is 6.26 Å². The summed E-state index contributed by atoms with van der Waals surface area (Å²) in [7, 11) is 0. The van der Waals surface area contributed by atoms with Crippen molar-refractivity contribution in [2.45, 2.75) is 6.92 Å². The molecule has 0 unspecified atom stereocenters. The quantitative estimate of drug-likeness (QED) is 0.250. The van der Waals surface area contributed by atoms with E-state index in [1.54, 1.807) is 0 Å². The first-order valence-corrected chi connectivity index (χ1v) is 5.01. The molecule has 0 atom stereocenters. The molecule has 7 heteroatoms. The third kappa shape index (κ3) is 25.3. The molecule has 17 heavy (non-hydrogen) atoms. The minimum Gasteiger partial charge on any atom is -0.394 e. The second-order valence-corrected chi connectivity index (χ2v) is 2.51. The molecule has 0 aliphatic carbocycles. The molecule has 102 valence electrons. The van der Waals surface area contributed by atoms with E-state index in [9.17, 15) is 4.79 Å². The van der Waals surface area contributed by atoms with Gasteiger partial charge in [-0.05, 0) is 0 Å². The number of ether oxygens (including phenoxy) is 2. The van der Waals surface area contributed by atoms with Crippen molar-refractivity contribution in [1.29, 1.82) is 0 Å². The lowest BCUT2D eigenvalue weighted by atomic mass is 10.7. The number of aliphatic hydroxyl groups excluding tert-OH is 2. The monoisotopic (exact) mass is 252 g/mol. The van der Waals surface area contributed by atoms with Gasteiger partial charge in [-0.2, -0.15) is 0 Å². The molecule has 0 spiro atoms. The Bertz CT molecular complexity index is 164. The summed E-state index contributed by atoms with van der Waals surface area (Å²) in [5, 5.41) is 16.5. The molecular weight excluding hydrogens is 232 g/mol. The van der Waals surface area contributed by atoms with Crippen LogP contribution >= 0.6 is 0 Å². The molecule has 0 fully saturated rings. The zero-order chi connectivity index (χ0) is 13.4. The fourth-order valence-electron chi connectivity index (χ4n) is 0.553. The summed E-state index contributed by atoms with van der Waals surface area (Å²) in [4.78, 5) is 17.8. The first-order valence-electron chi connectivity index (χ1n) is 5.01. The van der Waals surface area contributed by atoms with Crippen LogP contribution in [0.2, 0.25) is 0 Å². The highest BCUT2D eigenvalue weighted by molar-refractivity contribution is 5.65. The minimum atomic E-state index is -0.486. The molecule has 0 aliphatic rings. The Labute approximate surface area is 100 Å². The van der Waals surface area contributed by atoms with Crippen LogP contribution in [-0.4, -0.2) is 55.8 Å². The number of aliphatic hydroxyl groups is 2. The fraction of sp³-hybridized carbons (Fsp3) is 0.700. The van der Waals surface area contributed by atoms with Crippen molar-refractivity contribution in [1.82, 2.24) is 0 Å². The average Bonchev–Trinajstić information content (AvgIpc) is 2.32. The normalized spacial score (nSPS) is 8.88. The topological polar surface area (TPSA) is 94.5 Å². The Balaban J connectivity index is 0. The van der Waals surface area contributed by atoms with Crippen molar-refractivity contribution in [3.8, 4) is 0 Å². The van der Waals surface area contributed by atoms with Crippen LogP contribution in [0.4, 0.5) is 0 Å². The fourth-order valence-corrected chi connectivity index (χ4v) is 0.553. The number of carbonyl (C=O) groups excluding carboxylic acids is 1. The van der Waals surface area contributed by atoms with Crippen LogP contribution in [0.15, 0.2) is 12.8 Å². The molecule has 0 aromatic heterocycles. The first kappa shape index (κ1) is 18.2. The van der Waals surface area contributed by atoms with E-state index in [0.29, 0.717) is 26.4 Å². The van der Waals surface area contributed by atoms with Crippen molar-refractivity contribution in [2.24, 2.45) is 0 Å². The van der Waals surface area contributed by atoms with Gasteiger partial charge in [0.15, 0.2) is 0 Å². The SMILES string of the molecule is C=COOC(C)=O.OCCOCCOCCO. The van der Waals surface area contributed by atoms with Gasteiger partial charge in [0.1, 0.15) is 6.26 Å². The van der Waals surface area contributed by atoms with Crippen LogP contribution < -0.4 is 0 Å². The third-order valence-corrected chi connectivity index (χ3v) is 1.08. The van der Waals surface area contributed by atoms with Gasteiger partial charge in [-0.3, -0.25) is 9.78 Å². The molecule has 0 saturated heterocycles. The maximum Gasteiger partial charge on any atom is 0.352 e. The molecule has 0 radical (unpaired) electrons. The van der Waals surface area contributed by atoms with Gasteiger partial charge in [0.25, 0.3) is 0 Å². The molecular formula is C10H20O7. The van der Waals surface area contributed by atoms with Crippen molar-refractivity contribution in [2.75, 3.05) is 39.6 Å². The second-order valence-electron chi connectivity index (χ2n) is 2.51. The molecule has 0 bridgehead atoms. The second kappa shape index (κ2) is 17.3. The van der Waals surface area contributed by atoms with E-state index >= 15 is 0 Å². The predicted octanol–water partition coefficient (Wildman–Crippen LogP) is -0.371. The predicted molar refractivity (Wildman–Crippen MR) is 58.9 cm³/mol. The summed E-state index contributed by atoms with van der Waals surface area (Å²) in [6, 6.07) is 0. The van der Waals surface area contributed by atoms with Crippen LogP contribution in [0.1, 0.15) is 6.92 Å². The highest BCUT2D eigenvalue weighted by atomic mass is 17.2. The van der Waals surface area contributed by atoms with Crippen molar-refractivity contribution < 1.29 is 34.3 Å². The molecule has 7 nitrogen and oxygen atoms in total. The van der Waals surface area contributed by atoms with E-state index in [1.807, 2.05) is 0 Å². The van der Waals surface area contributed by atoms with E-state index < -0.39 is 5.97 Å². The Kier molecular flexibility index (Phi) is 18.5. The van der Waals surface area contributed by atoms with Gasteiger partial charge >= 0.3 is 5.97 Å². The van der Waals surface area contributed by atoms with E-state index in [4.69, 9.17) is 19.7 Å². The van der Waals surface area contributed by atoms with Crippen molar-refractivity contribution in [3.63, 3.8) is 0 Å². The molecule has 0 aromatic rings. The largest absolute Gasteiger partial charge is 0.394 e. The average molecular weight is 252 g/mol. The molecule has 0 heterocycles. The smallest absolute Gasteiger partial charge is 0.352 e. The lowest BCUT2D eigenvalue weighted by Crippen LogP contribution is -2.09. The lowest BCUT2D eigenvalue weighted by Gasteiger charge is -2.01. The van der Waals surface area contributed by atoms with Gasteiger partial charge in [-0.15, -0.1) is 0 Å². The summed E-state index contributed by atoms with van der Waals surface area (Å²) >= 11 is 0. The maximum absolute atomic E-state index is 9.81. The summed E-state index contributed by atoms with van der Waals surface area (Å²) in [6.45, 7) is 6.10. The van der Waals surface area contributed by atoms with E-state index in [2.05, 4.69) is 16.4 Å². The van der Waals surface area contributed by atoms with Gasteiger partial charge in [0.05, 0.1) is 39.6 Å². The first-order chi connectivity index (χ1) is 8.18. The number of rotatable bonds is 9. The molecule has 0 aliphatic heterocycles. The van der Waals surface area contributed by atoms with Crippen LogP contribution in [0, 0.1) is 0 Å². The Morgan fingerprint density at radius 1 is 1.12 bits per heavy atom. The summed E-state index contributed by atoms with van der Waals surface area (Å²) in [6.07, 6.45) is 1.03. The summed E-state index contributed by atoms with van der Waals surface area (Å²) in [5.74, 6) is -0.486. The highest BCUT2D eigenvalue weighted by Gasteiger charge is 1.87. The summed E-state index contributed by atoms with van der Waals surface area (Å²) in [5.41, 5.74) is 0. The zero-order valence-electron chi connectivity index (χ0n) is 9.96. The van der Waals surface area contributed by atoms with Gasteiger partial charge < -0.3 is 19.7 Å². The minimum absolute atomic E-state index is 0.0417. The van der Waals surface area contributed by atoms with Gasteiger partial charge in [0.2, 0.25) is 0 Å². The molecule has 0 aromatic carbocycles. The number of hydrogen-bond donors (Lipinski definition) is 2. The van der Waals surface area contributed by atoms with Crippen LogP contribution in [0.3, 0.4) is 0 Å². The van der Waals surface area contributed by atoms with Crippen LogP contribution in [0.25, 0.3) is 0 Å². The standard InChI is InChI=1S/C6H14O4.C4H6O3/c7-1-3-9-5-6-10-4-2-8;1-3-6-7-4(2)5/h7-8H,1-6H2;3H,1H2,2H3. The Morgan fingerprint density at radius 2 is 1.59 bits per heavy atom. The summed E-state index contributed by atoms with van der Waals surface area (Å²) < 4.78 is 9.75. The maximum atomic E-state index is 9.81. The van der Waals surface area contributed by atoms with E-state index in [1.165, 1.54) is 6.92 Å². The molecule has 0 rings (SSSR count). The zero-order valence-corrected chi connectivity index (χ0v) is 9.96. The van der Waals surface area contributed by atoms with Crippen LogP contribution in [-0.2, 0) is 24.0 Å². The van der Waals surface area contributed by atoms with Gasteiger partial charge in [-0.25, -0.2) is 4.79 Å². The van der Waals surface area contributed by atoms with Crippen LogP contribution in [0.5, 0.6) is 0 Å². The molecule has 2 N–H and O–H groups in total. The lowest BCUT2D eigenvalue weighted by molar-refractivity contribution is -0.235. The molecule has 0 saturated carbocycles. The number of hydrogen-bond acceptors (Lipinski definition) is 7. The van der Waals surface area contributed by atoms with Gasteiger partial charge in [0, 0.05) is 6.92 Å². The van der Waals surface area contributed by atoms with Gasteiger partial charge in [-0.1, -0.05) is 6.58 Å². The highest BCUT2D eigenvalue weighted by Crippen LogP contribution is 1.77.